The van der Waals surface area contributed by atoms with Gasteiger partial charge in [0.25, 0.3) is 5.91 Å². The Morgan fingerprint density at radius 1 is 1.45 bits per heavy atom. The van der Waals surface area contributed by atoms with E-state index in [9.17, 15) is 4.79 Å². The number of hydrogen-bond acceptors (Lipinski definition) is 4. The summed E-state index contributed by atoms with van der Waals surface area (Å²) in [6.45, 7) is 3.41. The zero-order valence-corrected chi connectivity index (χ0v) is 11.8. The van der Waals surface area contributed by atoms with Crippen LogP contribution in [0.2, 0.25) is 0 Å². The monoisotopic (exact) mass is 273 g/mol. The fraction of sp³-hybridized carbons (Fsp3) is 0.357. The molecule has 0 aliphatic carbocycles. The van der Waals surface area contributed by atoms with Crippen LogP contribution in [0.1, 0.15) is 29.4 Å². The van der Waals surface area contributed by atoms with Crippen LogP contribution < -0.4 is 10.6 Å². The summed E-state index contributed by atoms with van der Waals surface area (Å²) in [4.78, 5) is 16.1. The second kappa shape index (κ2) is 6.70. The van der Waals surface area contributed by atoms with Gasteiger partial charge in [-0.2, -0.15) is 5.10 Å². The molecule has 0 aliphatic heterocycles. The highest BCUT2D eigenvalue weighted by molar-refractivity contribution is 5.93. The normalized spacial score (nSPS) is 10.3. The fourth-order valence-electron chi connectivity index (χ4n) is 1.77. The third-order valence-corrected chi connectivity index (χ3v) is 2.78. The maximum Gasteiger partial charge on any atom is 0.270 e. The number of nitrogens with zero attached hydrogens (tertiary/aromatic N) is 3. The first-order valence-corrected chi connectivity index (χ1v) is 6.64. The van der Waals surface area contributed by atoms with E-state index in [0.717, 1.165) is 24.2 Å². The summed E-state index contributed by atoms with van der Waals surface area (Å²) in [6.07, 6.45) is 6.27. The van der Waals surface area contributed by atoms with Crippen LogP contribution in [0, 0.1) is 0 Å². The van der Waals surface area contributed by atoms with E-state index in [0.29, 0.717) is 12.2 Å². The Balaban J connectivity index is 1.94. The molecule has 0 unspecified atom stereocenters. The summed E-state index contributed by atoms with van der Waals surface area (Å²) in [5.41, 5.74) is 2.28. The molecule has 0 fully saturated rings. The van der Waals surface area contributed by atoms with Gasteiger partial charge >= 0.3 is 0 Å². The Labute approximate surface area is 118 Å². The number of aryl methyl sites for hydroxylation is 1. The van der Waals surface area contributed by atoms with Gasteiger partial charge in [-0.3, -0.25) is 14.5 Å². The Bertz CT molecular complexity index is 578. The molecule has 1 amide bonds. The standard InChI is InChI=1S/C14H19N5O/c1-3-5-15-12-4-6-16-13(7-12)14(20)17-8-11-9-18-19(2)10-11/h4,6-7,9-10H,3,5,8H2,1-2H3,(H,15,16)(H,17,20). The fourth-order valence-corrected chi connectivity index (χ4v) is 1.77. The van der Waals surface area contributed by atoms with Crippen LogP contribution in [-0.2, 0) is 13.6 Å². The summed E-state index contributed by atoms with van der Waals surface area (Å²) in [7, 11) is 1.84. The van der Waals surface area contributed by atoms with Crippen molar-refractivity contribution < 1.29 is 4.79 Å². The number of anilines is 1. The van der Waals surface area contributed by atoms with Gasteiger partial charge in [-0.15, -0.1) is 0 Å². The minimum Gasteiger partial charge on any atom is -0.385 e. The van der Waals surface area contributed by atoms with Crippen LogP contribution in [0.4, 0.5) is 5.69 Å². The lowest BCUT2D eigenvalue weighted by Gasteiger charge is -2.07. The van der Waals surface area contributed by atoms with Crippen molar-refractivity contribution in [3.63, 3.8) is 0 Å². The summed E-state index contributed by atoms with van der Waals surface area (Å²) in [6, 6.07) is 3.61. The lowest BCUT2D eigenvalue weighted by molar-refractivity contribution is 0.0946. The molecule has 20 heavy (non-hydrogen) atoms. The number of carbonyl (C=O) groups is 1. The Morgan fingerprint density at radius 2 is 2.30 bits per heavy atom. The lowest BCUT2D eigenvalue weighted by atomic mass is 10.3. The lowest BCUT2D eigenvalue weighted by Crippen LogP contribution is -2.23. The molecule has 0 aromatic carbocycles. The largest absolute Gasteiger partial charge is 0.385 e. The molecule has 0 atom stereocenters. The molecule has 6 nitrogen and oxygen atoms in total. The molecule has 0 saturated heterocycles. The van der Waals surface area contributed by atoms with Crippen LogP contribution >= 0.6 is 0 Å². The average molecular weight is 273 g/mol. The van der Waals surface area contributed by atoms with Gasteiger partial charge < -0.3 is 10.6 Å². The van der Waals surface area contributed by atoms with E-state index in [2.05, 4.69) is 27.6 Å². The van der Waals surface area contributed by atoms with Crippen molar-refractivity contribution in [2.75, 3.05) is 11.9 Å². The zero-order valence-electron chi connectivity index (χ0n) is 11.8. The maximum atomic E-state index is 12.0. The van der Waals surface area contributed by atoms with Gasteiger partial charge in [0.2, 0.25) is 0 Å². The van der Waals surface area contributed by atoms with E-state index >= 15 is 0 Å². The van der Waals surface area contributed by atoms with Crippen molar-refractivity contribution in [1.82, 2.24) is 20.1 Å². The summed E-state index contributed by atoms with van der Waals surface area (Å²) >= 11 is 0. The minimum atomic E-state index is -0.186. The van der Waals surface area contributed by atoms with Crippen LogP contribution in [-0.4, -0.2) is 27.2 Å². The minimum absolute atomic E-state index is 0.186. The van der Waals surface area contributed by atoms with Crippen molar-refractivity contribution >= 4 is 11.6 Å². The van der Waals surface area contributed by atoms with E-state index in [1.165, 1.54) is 0 Å². The highest BCUT2D eigenvalue weighted by Crippen LogP contribution is 2.08. The van der Waals surface area contributed by atoms with Gasteiger partial charge in [-0.1, -0.05) is 6.92 Å². The highest BCUT2D eigenvalue weighted by Gasteiger charge is 2.08. The van der Waals surface area contributed by atoms with Crippen molar-refractivity contribution in [3.8, 4) is 0 Å². The molecule has 6 heteroatoms. The van der Waals surface area contributed by atoms with Crippen molar-refractivity contribution in [2.45, 2.75) is 19.9 Å². The summed E-state index contributed by atoms with van der Waals surface area (Å²) < 4.78 is 1.70. The van der Waals surface area contributed by atoms with Crippen molar-refractivity contribution in [2.24, 2.45) is 7.05 Å². The van der Waals surface area contributed by atoms with Crippen LogP contribution in [0.5, 0.6) is 0 Å². The number of pyridine rings is 1. The van der Waals surface area contributed by atoms with E-state index in [1.54, 1.807) is 23.1 Å². The Hall–Kier alpha value is -2.37. The number of rotatable bonds is 6. The van der Waals surface area contributed by atoms with Gasteiger partial charge in [0.1, 0.15) is 5.69 Å². The maximum absolute atomic E-state index is 12.0. The molecular formula is C14H19N5O. The molecular weight excluding hydrogens is 254 g/mol. The third-order valence-electron chi connectivity index (χ3n) is 2.78. The van der Waals surface area contributed by atoms with E-state index in [1.807, 2.05) is 19.3 Å². The molecule has 0 bridgehead atoms. The molecule has 0 spiro atoms. The quantitative estimate of drug-likeness (QED) is 0.838. The molecule has 106 valence electrons. The molecule has 2 rings (SSSR count). The second-order valence-corrected chi connectivity index (χ2v) is 4.56. The van der Waals surface area contributed by atoms with E-state index < -0.39 is 0 Å². The highest BCUT2D eigenvalue weighted by atomic mass is 16.1. The SMILES string of the molecule is CCCNc1ccnc(C(=O)NCc2cnn(C)c2)c1. The second-order valence-electron chi connectivity index (χ2n) is 4.56. The van der Waals surface area contributed by atoms with Crippen LogP contribution in [0.3, 0.4) is 0 Å². The Morgan fingerprint density at radius 3 is 3.00 bits per heavy atom. The summed E-state index contributed by atoms with van der Waals surface area (Å²) in [5, 5.41) is 10.1. The van der Waals surface area contributed by atoms with E-state index in [4.69, 9.17) is 0 Å². The molecule has 2 aromatic rings. The molecule has 0 saturated carbocycles. The number of carbonyl (C=O) groups excluding carboxylic acids is 1. The number of amides is 1. The Kier molecular flexibility index (Phi) is 4.70. The van der Waals surface area contributed by atoms with Gasteiger partial charge in [-0.05, 0) is 18.6 Å². The van der Waals surface area contributed by atoms with Crippen LogP contribution in [0.25, 0.3) is 0 Å². The molecule has 2 aromatic heterocycles. The number of nitrogens with one attached hydrogen (secondary N) is 2. The predicted molar refractivity (Wildman–Crippen MR) is 77.4 cm³/mol. The molecule has 0 aliphatic rings. The van der Waals surface area contributed by atoms with Gasteiger partial charge in [0, 0.05) is 43.8 Å². The topological polar surface area (TPSA) is 71.8 Å². The third kappa shape index (κ3) is 3.81. The van der Waals surface area contributed by atoms with Crippen molar-refractivity contribution in [3.05, 3.63) is 42.0 Å². The van der Waals surface area contributed by atoms with Gasteiger partial charge in [0.05, 0.1) is 6.20 Å². The van der Waals surface area contributed by atoms with E-state index in [-0.39, 0.29) is 5.91 Å². The van der Waals surface area contributed by atoms with Crippen LogP contribution in [0.15, 0.2) is 30.7 Å². The molecule has 2 heterocycles. The van der Waals surface area contributed by atoms with Gasteiger partial charge in [0.15, 0.2) is 0 Å². The average Bonchev–Trinajstić information content (AvgIpc) is 2.88. The first-order valence-electron chi connectivity index (χ1n) is 6.64. The zero-order chi connectivity index (χ0) is 14.4. The predicted octanol–water partition coefficient (Wildman–Crippen LogP) is 1.57. The summed E-state index contributed by atoms with van der Waals surface area (Å²) in [5.74, 6) is -0.186. The number of hydrogen-bond donors (Lipinski definition) is 2. The smallest absolute Gasteiger partial charge is 0.270 e. The van der Waals surface area contributed by atoms with Gasteiger partial charge in [-0.25, -0.2) is 0 Å². The first-order chi connectivity index (χ1) is 9.69. The molecule has 0 radical (unpaired) electrons. The number of aromatic nitrogens is 3. The first kappa shape index (κ1) is 14.0. The molecule has 2 N–H and O–H groups in total. The van der Waals surface area contributed by atoms with Crippen molar-refractivity contribution in [1.29, 1.82) is 0 Å².